The van der Waals surface area contributed by atoms with Crippen LogP contribution < -0.4 is 26.2 Å². The number of benzene rings is 11. The molecule has 0 amide bonds. The van der Waals surface area contributed by atoms with E-state index in [1.165, 1.54) is 10.8 Å². The fraction of sp³-hybridized carbons (Fsp3) is 0. The molecule has 2 aromatic heterocycles. The summed E-state index contributed by atoms with van der Waals surface area (Å²) in [6, 6.07) is 99.1. The van der Waals surface area contributed by atoms with Gasteiger partial charge in [0.2, 0.25) is 0 Å². The maximum absolute atomic E-state index is 10.9. The molecule has 15 rings (SSSR count). The monoisotopic (exact) mass is 991 g/mol. The normalized spacial score (nSPS) is 12.3. The van der Waals surface area contributed by atoms with Crippen LogP contribution in [0.3, 0.4) is 0 Å². The van der Waals surface area contributed by atoms with E-state index in [4.69, 9.17) is 0 Å². The van der Waals surface area contributed by atoms with Crippen molar-refractivity contribution in [2.75, 3.05) is 9.80 Å². The number of rotatable bonds is 8. The van der Waals surface area contributed by atoms with Crippen LogP contribution in [0, 0.1) is 11.3 Å². The summed E-state index contributed by atoms with van der Waals surface area (Å²) in [5.41, 5.74) is 24.4. The maximum atomic E-state index is 10.9. The Labute approximate surface area is 453 Å². The Morgan fingerprint density at radius 3 is 1.26 bits per heavy atom. The van der Waals surface area contributed by atoms with Crippen molar-refractivity contribution in [2.45, 2.75) is 0 Å². The SMILES string of the molecule is N#Cc1ccc2c(c1)B1c3cc(-c4cccnc4)ccc3N(c3c(-c4ccccc4)cccc3-c3ccccc3)c3cc(-n4c5ccccc5c5ccccc54)cc(c31)N2c1c(-c2ccccc2)cccc1-c1ccccc1. The fourth-order valence-electron chi connectivity index (χ4n) is 12.6. The molecule has 4 heterocycles. The first-order valence-electron chi connectivity index (χ1n) is 26.5. The van der Waals surface area contributed by atoms with E-state index in [2.05, 4.69) is 280 Å². The van der Waals surface area contributed by atoms with Crippen molar-refractivity contribution in [1.82, 2.24) is 9.55 Å². The number of nitriles is 1. The van der Waals surface area contributed by atoms with E-state index in [9.17, 15) is 5.26 Å². The van der Waals surface area contributed by atoms with E-state index in [1.54, 1.807) is 0 Å². The predicted octanol–water partition coefficient (Wildman–Crippen LogP) is 16.5. The van der Waals surface area contributed by atoms with Gasteiger partial charge in [-0.15, -0.1) is 0 Å². The highest BCUT2D eigenvalue weighted by atomic mass is 15.2. The molecule has 0 fully saturated rings. The lowest BCUT2D eigenvalue weighted by Crippen LogP contribution is -2.61. The average molecular weight is 992 g/mol. The first-order chi connectivity index (χ1) is 38.7. The quantitative estimate of drug-likeness (QED) is 0.142. The lowest BCUT2D eigenvalue weighted by molar-refractivity contribution is 1.16. The molecule has 13 aromatic rings. The molecule has 2 aliphatic rings. The minimum absolute atomic E-state index is 0.308. The van der Waals surface area contributed by atoms with Crippen LogP contribution in [0.2, 0.25) is 0 Å². The Morgan fingerprint density at radius 1 is 0.359 bits per heavy atom. The Kier molecular flexibility index (Phi) is 10.6. The number of nitrogens with zero attached hydrogens (tertiary/aromatic N) is 5. The van der Waals surface area contributed by atoms with Crippen LogP contribution in [-0.2, 0) is 0 Å². The topological polar surface area (TPSA) is 48.1 Å². The minimum atomic E-state index is -0.308. The molecule has 11 aromatic carbocycles. The molecule has 0 bridgehead atoms. The summed E-state index contributed by atoms with van der Waals surface area (Å²) in [4.78, 5) is 9.72. The van der Waals surface area contributed by atoms with Gasteiger partial charge in [-0.05, 0) is 104 Å². The Bertz CT molecular complexity index is 4330. The molecule has 0 N–H and O–H groups in total. The average Bonchev–Trinajstić information content (AvgIpc) is 3.63. The molecule has 0 saturated carbocycles. The molecule has 0 aliphatic carbocycles. The zero-order valence-electron chi connectivity index (χ0n) is 42.4. The van der Waals surface area contributed by atoms with Crippen LogP contribution >= 0.6 is 0 Å². The number of hydrogen-bond acceptors (Lipinski definition) is 4. The van der Waals surface area contributed by atoms with Gasteiger partial charge in [0.25, 0.3) is 6.71 Å². The van der Waals surface area contributed by atoms with Crippen LogP contribution in [0.5, 0.6) is 0 Å². The molecule has 0 saturated heterocycles. The van der Waals surface area contributed by atoms with Crippen molar-refractivity contribution in [3.8, 4) is 67.4 Å². The summed E-state index contributed by atoms with van der Waals surface area (Å²) in [5, 5.41) is 13.3. The molecular formula is C72H46BN5. The number of fused-ring (bicyclic) bond motifs is 7. The summed E-state index contributed by atoms with van der Waals surface area (Å²) >= 11 is 0. The first-order valence-corrected chi connectivity index (χ1v) is 26.5. The molecule has 6 heteroatoms. The van der Waals surface area contributed by atoms with Gasteiger partial charge in [0.15, 0.2) is 0 Å². The Hall–Kier alpha value is -10.5. The number of anilines is 6. The minimum Gasteiger partial charge on any atom is -0.310 e. The van der Waals surface area contributed by atoms with E-state index < -0.39 is 0 Å². The number of aromatic nitrogens is 2. The van der Waals surface area contributed by atoms with Crippen LogP contribution in [-0.4, -0.2) is 16.3 Å². The van der Waals surface area contributed by atoms with Gasteiger partial charge in [0, 0.05) is 68.2 Å². The molecule has 0 radical (unpaired) electrons. The van der Waals surface area contributed by atoms with Crippen molar-refractivity contribution in [1.29, 1.82) is 5.26 Å². The van der Waals surface area contributed by atoms with Crippen LogP contribution in [0.1, 0.15) is 5.56 Å². The Morgan fingerprint density at radius 2 is 0.795 bits per heavy atom. The standard InChI is InChI=1S/C72H46BN5/c74-46-48-37-39-66-62(42-48)73-63-43-53(54-28-19-41-75-47-54)38-40-67(63)78(72-58(51-24-9-3-10-25-51)33-18-34-59(72)52-26-11-4-12-27-52)69-45-55(76-64-35-15-13-29-60(64)61-30-14-16-36-65(61)76)44-68(70(69)73)77(66)71-56(49-20-5-1-6-21-49)31-17-32-57(71)50-22-7-2-8-23-50/h1-45,47H. The summed E-state index contributed by atoms with van der Waals surface area (Å²) in [6.45, 7) is -0.308. The second-order valence-corrected chi connectivity index (χ2v) is 20.1. The maximum Gasteiger partial charge on any atom is 0.252 e. The summed E-state index contributed by atoms with van der Waals surface area (Å²) in [6.07, 6.45) is 3.78. The van der Waals surface area contributed by atoms with E-state index in [0.717, 1.165) is 123 Å². The zero-order chi connectivity index (χ0) is 51.7. The van der Waals surface area contributed by atoms with Gasteiger partial charge in [0.05, 0.1) is 39.7 Å². The molecular weight excluding hydrogens is 946 g/mol. The van der Waals surface area contributed by atoms with Gasteiger partial charge in [-0.25, -0.2) is 0 Å². The van der Waals surface area contributed by atoms with Gasteiger partial charge in [-0.1, -0.05) is 212 Å². The summed E-state index contributed by atoms with van der Waals surface area (Å²) in [5.74, 6) is 0. The summed E-state index contributed by atoms with van der Waals surface area (Å²) in [7, 11) is 0. The van der Waals surface area contributed by atoms with Crippen LogP contribution in [0.25, 0.3) is 83.1 Å². The van der Waals surface area contributed by atoms with E-state index >= 15 is 0 Å². The zero-order valence-corrected chi connectivity index (χ0v) is 42.4. The lowest BCUT2D eigenvalue weighted by Gasteiger charge is -2.46. The van der Waals surface area contributed by atoms with E-state index in [1.807, 2.05) is 24.5 Å². The summed E-state index contributed by atoms with van der Waals surface area (Å²) < 4.78 is 2.46. The van der Waals surface area contributed by atoms with Crippen molar-refractivity contribution < 1.29 is 0 Å². The van der Waals surface area contributed by atoms with Gasteiger partial charge < -0.3 is 14.4 Å². The van der Waals surface area contributed by atoms with E-state index in [0.29, 0.717) is 5.56 Å². The lowest BCUT2D eigenvalue weighted by atomic mass is 9.33. The molecule has 5 nitrogen and oxygen atoms in total. The molecule has 78 heavy (non-hydrogen) atoms. The first kappa shape index (κ1) is 45.0. The second-order valence-electron chi connectivity index (χ2n) is 20.1. The van der Waals surface area contributed by atoms with Crippen LogP contribution in [0.4, 0.5) is 34.1 Å². The molecule has 2 aliphatic heterocycles. The third kappa shape index (κ3) is 7.14. The van der Waals surface area contributed by atoms with Crippen LogP contribution in [0.15, 0.2) is 279 Å². The molecule has 0 spiro atoms. The highest BCUT2D eigenvalue weighted by Gasteiger charge is 2.46. The van der Waals surface area contributed by atoms with Gasteiger partial charge in [-0.2, -0.15) is 5.26 Å². The molecule has 362 valence electrons. The largest absolute Gasteiger partial charge is 0.310 e. The number of para-hydroxylation sites is 4. The molecule has 0 atom stereocenters. The van der Waals surface area contributed by atoms with Gasteiger partial charge >= 0.3 is 0 Å². The molecule has 0 unspecified atom stereocenters. The second kappa shape index (κ2) is 18.4. The van der Waals surface area contributed by atoms with Gasteiger partial charge in [0.1, 0.15) is 0 Å². The predicted molar refractivity (Wildman–Crippen MR) is 324 cm³/mol. The smallest absolute Gasteiger partial charge is 0.252 e. The number of pyridine rings is 1. The van der Waals surface area contributed by atoms with Crippen molar-refractivity contribution in [2.24, 2.45) is 0 Å². The van der Waals surface area contributed by atoms with Crippen molar-refractivity contribution in [3.63, 3.8) is 0 Å². The highest BCUT2D eigenvalue weighted by molar-refractivity contribution is 7.00. The van der Waals surface area contributed by atoms with Crippen molar-refractivity contribution >= 4 is 79.0 Å². The number of hydrogen-bond donors (Lipinski definition) is 0. The Balaban J connectivity index is 1.15. The highest BCUT2D eigenvalue weighted by Crippen LogP contribution is 2.53. The van der Waals surface area contributed by atoms with Crippen molar-refractivity contribution in [3.05, 3.63) is 285 Å². The fourth-order valence-corrected chi connectivity index (χ4v) is 12.6. The van der Waals surface area contributed by atoms with E-state index in [-0.39, 0.29) is 6.71 Å². The third-order valence-corrected chi connectivity index (χ3v) is 15.9. The van der Waals surface area contributed by atoms with Gasteiger partial charge in [-0.3, -0.25) is 4.98 Å². The third-order valence-electron chi connectivity index (χ3n) is 15.9.